The van der Waals surface area contributed by atoms with Gasteiger partial charge in [-0.2, -0.15) is 0 Å². The Labute approximate surface area is 224 Å². The van der Waals surface area contributed by atoms with Crippen LogP contribution in [0.15, 0.2) is 28.0 Å². The Hall–Kier alpha value is -2.19. The lowest BCUT2D eigenvalue weighted by atomic mass is 10.1. The van der Waals surface area contributed by atoms with Crippen molar-refractivity contribution < 1.29 is 4.79 Å². The van der Waals surface area contributed by atoms with Crippen molar-refractivity contribution in [1.82, 2.24) is 14.3 Å². The molecular weight excluding hydrogens is 488 g/mol. The number of thioether (sulfide) groups is 1. The minimum atomic E-state index is -0.192. The molecule has 196 valence electrons. The molecule has 36 heavy (non-hydrogen) atoms. The van der Waals surface area contributed by atoms with Gasteiger partial charge in [0.25, 0.3) is 11.5 Å². The first-order chi connectivity index (χ1) is 17.5. The summed E-state index contributed by atoms with van der Waals surface area (Å²) in [6, 6.07) is 3.77. The molecular formula is C28H40N4O2S2. The second-order valence-corrected chi connectivity index (χ2v) is 11.2. The smallest absolute Gasteiger partial charge is 0.267 e. The predicted octanol–water partition coefficient (Wildman–Crippen LogP) is 6.95. The maximum atomic E-state index is 13.4. The molecule has 1 saturated heterocycles. The summed E-state index contributed by atoms with van der Waals surface area (Å²) in [6.07, 6.45) is 16.8. The Morgan fingerprint density at radius 1 is 0.972 bits per heavy atom. The van der Waals surface area contributed by atoms with Crippen LogP contribution < -0.4 is 10.9 Å². The van der Waals surface area contributed by atoms with Crippen molar-refractivity contribution >= 4 is 51.7 Å². The van der Waals surface area contributed by atoms with Gasteiger partial charge in [0.2, 0.25) is 0 Å². The van der Waals surface area contributed by atoms with Crippen LogP contribution in [0.25, 0.3) is 11.7 Å². The molecule has 0 aromatic carbocycles. The van der Waals surface area contributed by atoms with Crippen LogP contribution in [-0.4, -0.2) is 37.6 Å². The normalized spacial score (nSPS) is 15.0. The highest BCUT2D eigenvalue weighted by Crippen LogP contribution is 2.33. The summed E-state index contributed by atoms with van der Waals surface area (Å²) >= 11 is 6.80. The Bertz CT molecular complexity index is 1140. The van der Waals surface area contributed by atoms with Gasteiger partial charge < -0.3 is 5.32 Å². The number of carbonyl (C=O) groups excluding carboxylic acids is 1. The SMILES string of the molecule is CCCCCCCCCCCCN1C(=O)/C(=C\c2c(NCCC)nc3ccc(C)cn3c2=O)SC1=S. The molecule has 1 aliphatic rings. The van der Waals surface area contributed by atoms with Crippen molar-refractivity contribution in [3.8, 4) is 0 Å². The number of thiocarbonyl (C=S) groups is 1. The van der Waals surface area contributed by atoms with Crippen LogP contribution in [0.4, 0.5) is 5.82 Å². The van der Waals surface area contributed by atoms with Crippen LogP contribution >= 0.6 is 24.0 Å². The molecule has 0 atom stereocenters. The number of aryl methyl sites for hydroxylation is 1. The molecule has 0 aliphatic carbocycles. The number of fused-ring (bicyclic) bond motifs is 1. The number of amides is 1. The Balaban J connectivity index is 1.64. The second kappa shape index (κ2) is 14.5. The molecule has 1 N–H and O–H groups in total. The third-order valence-corrected chi connectivity index (χ3v) is 7.81. The molecule has 0 bridgehead atoms. The molecule has 2 aromatic rings. The number of pyridine rings is 1. The molecule has 1 fully saturated rings. The molecule has 6 nitrogen and oxygen atoms in total. The van der Waals surface area contributed by atoms with Gasteiger partial charge in [-0.15, -0.1) is 0 Å². The van der Waals surface area contributed by atoms with E-state index in [9.17, 15) is 9.59 Å². The summed E-state index contributed by atoms with van der Waals surface area (Å²) in [5.74, 6) is 0.391. The number of carbonyl (C=O) groups is 1. The lowest BCUT2D eigenvalue weighted by Gasteiger charge is -2.14. The van der Waals surface area contributed by atoms with Gasteiger partial charge in [-0.05, 0) is 37.5 Å². The topological polar surface area (TPSA) is 66.7 Å². The summed E-state index contributed by atoms with van der Waals surface area (Å²) in [5.41, 5.74) is 1.75. The van der Waals surface area contributed by atoms with E-state index in [0.717, 1.165) is 24.8 Å². The predicted molar refractivity (Wildman–Crippen MR) is 157 cm³/mol. The maximum absolute atomic E-state index is 13.4. The van der Waals surface area contributed by atoms with Crippen molar-refractivity contribution in [1.29, 1.82) is 0 Å². The van der Waals surface area contributed by atoms with Gasteiger partial charge in [0.05, 0.1) is 10.5 Å². The van der Waals surface area contributed by atoms with Gasteiger partial charge in [0.15, 0.2) is 0 Å². The average Bonchev–Trinajstić information content (AvgIpc) is 3.13. The lowest BCUT2D eigenvalue weighted by Crippen LogP contribution is -2.29. The van der Waals surface area contributed by atoms with Gasteiger partial charge in [0, 0.05) is 19.3 Å². The fraction of sp³-hybridized carbons (Fsp3) is 0.571. The van der Waals surface area contributed by atoms with Crippen molar-refractivity contribution in [2.24, 2.45) is 0 Å². The zero-order valence-electron chi connectivity index (χ0n) is 22.0. The fourth-order valence-electron chi connectivity index (χ4n) is 4.35. The number of aromatic nitrogens is 2. The number of hydrogen-bond donors (Lipinski definition) is 1. The lowest BCUT2D eigenvalue weighted by molar-refractivity contribution is -0.122. The average molecular weight is 529 g/mol. The first-order valence-electron chi connectivity index (χ1n) is 13.5. The van der Waals surface area contributed by atoms with Crippen LogP contribution in [0.2, 0.25) is 0 Å². The highest BCUT2D eigenvalue weighted by Gasteiger charge is 2.32. The monoisotopic (exact) mass is 528 g/mol. The molecule has 3 rings (SSSR count). The van der Waals surface area contributed by atoms with E-state index in [2.05, 4.69) is 24.1 Å². The summed E-state index contributed by atoms with van der Waals surface area (Å²) in [6.45, 7) is 7.57. The standard InChI is InChI=1S/C28H40N4O2S2/c1-4-6-7-8-9-10-11-12-13-14-18-31-27(34)23(36-28(31)35)19-22-25(29-17-5-2)30-24-16-15-21(3)20-32(24)26(22)33/h15-16,19-20,29H,4-14,17-18H2,1-3H3/b23-19+. The van der Waals surface area contributed by atoms with E-state index in [0.29, 0.717) is 39.3 Å². The first kappa shape index (κ1) is 28.4. The van der Waals surface area contributed by atoms with Gasteiger partial charge in [-0.3, -0.25) is 18.9 Å². The summed E-state index contributed by atoms with van der Waals surface area (Å²) in [5, 5.41) is 3.26. The minimum Gasteiger partial charge on any atom is -0.369 e. The van der Waals surface area contributed by atoms with E-state index in [1.165, 1.54) is 63.1 Å². The molecule has 3 heterocycles. The number of hydrogen-bond acceptors (Lipinski definition) is 6. The molecule has 2 aromatic heterocycles. The molecule has 0 radical (unpaired) electrons. The quantitative estimate of drug-likeness (QED) is 0.153. The summed E-state index contributed by atoms with van der Waals surface area (Å²) < 4.78 is 2.11. The maximum Gasteiger partial charge on any atom is 0.267 e. The Kier molecular flexibility index (Phi) is 11.5. The molecule has 1 amide bonds. The van der Waals surface area contributed by atoms with Crippen LogP contribution in [0.1, 0.15) is 95.6 Å². The van der Waals surface area contributed by atoms with Crippen molar-refractivity contribution in [3.63, 3.8) is 0 Å². The van der Waals surface area contributed by atoms with Crippen molar-refractivity contribution in [3.05, 3.63) is 44.7 Å². The largest absolute Gasteiger partial charge is 0.369 e. The first-order valence-corrected chi connectivity index (χ1v) is 14.7. The highest BCUT2D eigenvalue weighted by molar-refractivity contribution is 8.26. The molecule has 0 saturated carbocycles. The zero-order chi connectivity index (χ0) is 25.9. The van der Waals surface area contributed by atoms with E-state index in [4.69, 9.17) is 12.2 Å². The molecule has 8 heteroatoms. The van der Waals surface area contributed by atoms with Gasteiger partial charge in [-0.25, -0.2) is 4.98 Å². The van der Waals surface area contributed by atoms with E-state index in [-0.39, 0.29) is 11.5 Å². The fourth-order valence-corrected chi connectivity index (χ4v) is 5.64. The van der Waals surface area contributed by atoms with Crippen LogP contribution in [-0.2, 0) is 4.79 Å². The van der Waals surface area contributed by atoms with E-state index in [1.807, 2.05) is 19.1 Å². The summed E-state index contributed by atoms with van der Waals surface area (Å²) in [7, 11) is 0. The zero-order valence-corrected chi connectivity index (χ0v) is 23.6. The molecule has 0 spiro atoms. The van der Waals surface area contributed by atoms with E-state index in [1.54, 1.807) is 21.6 Å². The number of nitrogens with one attached hydrogen (secondary N) is 1. The number of anilines is 1. The summed E-state index contributed by atoms with van der Waals surface area (Å²) in [4.78, 5) is 33.4. The van der Waals surface area contributed by atoms with Gasteiger partial charge in [0.1, 0.15) is 15.8 Å². The van der Waals surface area contributed by atoms with E-state index < -0.39 is 0 Å². The number of nitrogens with zero attached hydrogens (tertiary/aromatic N) is 3. The van der Waals surface area contributed by atoms with Crippen molar-refractivity contribution in [2.75, 3.05) is 18.4 Å². The van der Waals surface area contributed by atoms with Crippen LogP contribution in [0.5, 0.6) is 0 Å². The third-order valence-electron chi connectivity index (χ3n) is 6.43. The highest BCUT2D eigenvalue weighted by atomic mass is 32.2. The third kappa shape index (κ3) is 7.65. The Morgan fingerprint density at radius 2 is 1.64 bits per heavy atom. The molecule has 0 unspecified atom stereocenters. The minimum absolute atomic E-state index is 0.115. The van der Waals surface area contributed by atoms with Gasteiger partial charge in [-0.1, -0.05) is 102 Å². The van der Waals surface area contributed by atoms with Gasteiger partial charge >= 0.3 is 0 Å². The molecule has 1 aliphatic heterocycles. The van der Waals surface area contributed by atoms with Crippen LogP contribution in [0, 0.1) is 6.92 Å². The van der Waals surface area contributed by atoms with Crippen LogP contribution in [0.3, 0.4) is 0 Å². The second-order valence-electron chi connectivity index (χ2n) is 9.56. The van der Waals surface area contributed by atoms with E-state index >= 15 is 0 Å². The Morgan fingerprint density at radius 3 is 2.31 bits per heavy atom. The van der Waals surface area contributed by atoms with Crippen molar-refractivity contribution in [2.45, 2.75) is 91.4 Å². The number of unbranched alkanes of at least 4 members (excludes halogenated alkanes) is 9. The number of rotatable bonds is 15.